The molecule has 2 N–H and O–H groups in total. The first-order valence-corrected chi connectivity index (χ1v) is 17.8. The van der Waals surface area contributed by atoms with E-state index in [9.17, 15) is 14.4 Å². The Morgan fingerprint density at radius 3 is 2.25 bits per heavy atom. The number of esters is 1. The highest BCUT2D eigenvalue weighted by Gasteiger charge is 2.40. The summed E-state index contributed by atoms with van der Waals surface area (Å²) < 4.78 is 32.7. The third-order valence-corrected chi connectivity index (χ3v) is 10.9. The summed E-state index contributed by atoms with van der Waals surface area (Å²) >= 11 is 0. The molecular weight excluding hydrogens is 647 g/mol. The number of fused-ring (bicyclic) bond motifs is 1. The zero-order chi connectivity index (χ0) is 36.3. The molecule has 0 heterocycles. The number of carbonyl (C=O) groups excluding carboxylic acids is 3. The van der Waals surface area contributed by atoms with Crippen molar-refractivity contribution in [3.63, 3.8) is 0 Å². The van der Waals surface area contributed by atoms with Crippen molar-refractivity contribution in [1.82, 2.24) is 5.32 Å². The molecule has 2 aliphatic carbocycles. The molecule has 0 spiro atoms. The number of methoxy groups -OCH3 is 1. The second-order valence-corrected chi connectivity index (χ2v) is 14.9. The van der Waals surface area contributed by atoms with Gasteiger partial charge in [-0.3, -0.25) is 14.4 Å². The number of amides is 2. The van der Waals surface area contributed by atoms with Crippen molar-refractivity contribution in [3.05, 3.63) is 100 Å². The maximum Gasteiger partial charge on any atom is 0.312 e. The number of nitrogens with one attached hydrogen (secondary N) is 2. The predicted octanol–water partition coefficient (Wildman–Crippen LogP) is 8.85. The standard InChI is InChI=1S/C42H47FN2O6/c1-26-20-32(38(46)44-25-41(3)16-9-17-41)35(21-27(26)2)45-39(47)33-22-37(34(43)23-36(33)49-5)51-30-14-18-42(4,19-15-30)40(48)50-24-29-12-8-11-28-10-6-7-13-31(28)29/h6-8,10-13,20-23,30H,9,14-19,24-25H2,1-5H3,(H,44,46)(H,45,47). The largest absolute Gasteiger partial charge is 0.496 e. The number of hydrogen-bond acceptors (Lipinski definition) is 6. The monoisotopic (exact) mass is 694 g/mol. The Kier molecular flexibility index (Phi) is 10.4. The lowest BCUT2D eigenvalue weighted by molar-refractivity contribution is -0.159. The van der Waals surface area contributed by atoms with Crippen LogP contribution >= 0.6 is 0 Å². The fraction of sp³-hybridized carbons (Fsp3) is 0.405. The Balaban J connectivity index is 1.11. The minimum atomic E-state index is -0.695. The van der Waals surface area contributed by atoms with E-state index in [4.69, 9.17) is 14.2 Å². The lowest BCUT2D eigenvalue weighted by Crippen LogP contribution is -2.40. The van der Waals surface area contributed by atoms with E-state index in [0.29, 0.717) is 43.5 Å². The first kappa shape index (κ1) is 35.9. The van der Waals surface area contributed by atoms with Gasteiger partial charge in [-0.05, 0) is 110 Å². The first-order chi connectivity index (χ1) is 24.4. The van der Waals surface area contributed by atoms with Gasteiger partial charge in [0.1, 0.15) is 12.4 Å². The lowest BCUT2D eigenvalue weighted by Gasteiger charge is -2.38. The maximum absolute atomic E-state index is 15.3. The van der Waals surface area contributed by atoms with Gasteiger partial charge in [0.25, 0.3) is 11.8 Å². The average Bonchev–Trinajstić information content (AvgIpc) is 3.11. The topological polar surface area (TPSA) is 103 Å². The average molecular weight is 695 g/mol. The van der Waals surface area contributed by atoms with Crippen LogP contribution in [0.1, 0.15) is 96.2 Å². The van der Waals surface area contributed by atoms with Crippen molar-refractivity contribution < 1.29 is 33.0 Å². The van der Waals surface area contributed by atoms with E-state index in [1.165, 1.54) is 13.2 Å². The Hall–Kier alpha value is -4.92. The number of hydrogen-bond donors (Lipinski definition) is 2. The van der Waals surface area contributed by atoms with Gasteiger partial charge in [-0.25, -0.2) is 4.39 Å². The van der Waals surface area contributed by atoms with Crippen LogP contribution in [0.15, 0.2) is 66.7 Å². The lowest BCUT2D eigenvalue weighted by atomic mass is 9.70. The van der Waals surface area contributed by atoms with E-state index in [1.807, 2.05) is 63.2 Å². The van der Waals surface area contributed by atoms with Crippen LogP contribution in [0, 0.1) is 30.5 Å². The Labute approximate surface area is 299 Å². The zero-order valence-electron chi connectivity index (χ0n) is 30.1. The molecule has 6 rings (SSSR count). The molecule has 9 heteroatoms. The van der Waals surface area contributed by atoms with Gasteiger partial charge in [0.05, 0.1) is 35.4 Å². The van der Waals surface area contributed by atoms with Crippen molar-refractivity contribution in [2.45, 2.75) is 85.4 Å². The van der Waals surface area contributed by atoms with Gasteiger partial charge in [0.2, 0.25) is 0 Å². The molecular formula is C42H47FN2O6. The summed E-state index contributed by atoms with van der Waals surface area (Å²) in [6, 6.07) is 20.0. The van der Waals surface area contributed by atoms with Gasteiger partial charge in [-0.15, -0.1) is 0 Å². The Bertz CT molecular complexity index is 1960. The zero-order valence-corrected chi connectivity index (χ0v) is 30.1. The van der Waals surface area contributed by atoms with Gasteiger partial charge >= 0.3 is 5.97 Å². The van der Waals surface area contributed by atoms with E-state index in [0.717, 1.165) is 52.8 Å². The predicted molar refractivity (Wildman–Crippen MR) is 196 cm³/mol. The van der Waals surface area contributed by atoms with Gasteiger partial charge in [0, 0.05) is 12.6 Å². The molecule has 51 heavy (non-hydrogen) atoms. The van der Waals surface area contributed by atoms with Crippen LogP contribution in [-0.4, -0.2) is 37.5 Å². The van der Waals surface area contributed by atoms with Crippen molar-refractivity contribution in [2.75, 3.05) is 19.0 Å². The number of ether oxygens (including phenoxy) is 3. The molecule has 4 aromatic carbocycles. The molecule has 2 saturated carbocycles. The van der Waals surface area contributed by atoms with Crippen LogP contribution in [0.2, 0.25) is 0 Å². The third-order valence-electron chi connectivity index (χ3n) is 10.9. The molecule has 0 atom stereocenters. The number of carbonyl (C=O) groups is 3. The van der Waals surface area contributed by atoms with Gasteiger partial charge in [-0.2, -0.15) is 0 Å². The second kappa shape index (κ2) is 14.7. The minimum absolute atomic E-state index is 0.0373. The molecule has 4 aromatic rings. The van der Waals surface area contributed by atoms with Gasteiger partial charge in [0.15, 0.2) is 11.6 Å². The molecule has 2 aliphatic rings. The molecule has 0 saturated heterocycles. The van der Waals surface area contributed by atoms with E-state index < -0.39 is 17.1 Å². The van der Waals surface area contributed by atoms with Crippen LogP contribution < -0.4 is 20.1 Å². The van der Waals surface area contributed by atoms with Crippen molar-refractivity contribution in [2.24, 2.45) is 10.8 Å². The SMILES string of the molecule is COc1cc(F)c(OC2CCC(C)(C(=O)OCc3cccc4ccccc34)CC2)cc1C(=O)Nc1cc(C)c(C)cc1C(=O)NCC1(C)CCC1. The second-order valence-electron chi connectivity index (χ2n) is 14.9. The summed E-state index contributed by atoms with van der Waals surface area (Å²) in [4.78, 5) is 40.4. The van der Waals surface area contributed by atoms with Crippen LogP contribution in [0.25, 0.3) is 10.8 Å². The summed E-state index contributed by atoms with van der Waals surface area (Å²) in [5, 5.41) is 8.06. The number of benzene rings is 4. The van der Waals surface area contributed by atoms with Crippen LogP contribution in [0.4, 0.5) is 10.1 Å². The molecule has 0 unspecified atom stereocenters. The summed E-state index contributed by atoms with van der Waals surface area (Å²) in [7, 11) is 1.36. The van der Waals surface area contributed by atoms with Crippen molar-refractivity contribution in [3.8, 4) is 11.5 Å². The fourth-order valence-corrected chi connectivity index (χ4v) is 7.08. The molecule has 268 valence electrons. The molecule has 0 radical (unpaired) electrons. The third kappa shape index (κ3) is 7.87. The quantitative estimate of drug-likeness (QED) is 0.152. The van der Waals surface area contributed by atoms with Crippen LogP contribution in [0.5, 0.6) is 11.5 Å². The number of halogens is 1. The summed E-state index contributed by atoms with van der Waals surface area (Å²) in [5.41, 5.74) is 2.95. The Morgan fingerprint density at radius 2 is 1.55 bits per heavy atom. The maximum atomic E-state index is 15.3. The smallest absolute Gasteiger partial charge is 0.312 e. The normalized spacial score (nSPS) is 19.5. The van der Waals surface area contributed by atoms with E-state index in [-0.39, 0.29) is 47.1 Å². The highest BCUT2D eigenvalue weighted by atomic mass is 19.1. The van der Waals surface area contributed by atoms with Crippen molar-refractivity contribution >= 4 is 34.2 Å². The number of rotatable bonds is 11. The number of aryl methyl sites for hydroxylation is 2. The van der Waals surface area contributed by atoms with Crippen LogP contribution in [-0.2, 0) is 16.1 Å². The molecule has 0 aromatic heterocycles. The van der Waals surface area contributed by atoms with Crippen LogP contribution in [0.3, 0.4) is 0 Å². The van der Waals surface area contributed by atoms with E-state index >= 15 is 4.39 Å². The fourth-order valence-electron chi connectivity index (χ4n) is 7.08. The summed E-state index contributed by atoms with van der Waals surface area (Å²) in [6.45, 7) is 8.64. The highest BCUT2D eigenvalue weighted by Crippen LogP contribution is 2.41. The van der Waals surface area contributed by atoms with Crippen molar-refractivity contribution in [1.29, 1.82) is 0 Å². The molecule has 8 nitrogen and oxygen atoms in total. The molecule has 0 bridgehead atoms. The number of anilines is 1. The van der Waals surface area contributed by atoms with E-state index in [1.54, 1.807) is 12.1 Å². The Morgan fingerprint density at radius 1 is 0.843 bits per heavy atom. The molecule has 0 aliphatic heterocycles. The minimum Gasteiger partial charge on any atom is -0.496 e. The first-order valence-electron chi connectivity index (χ1n) is 17.8. The summed E-state index contributed by atoms with van der Waals surface area (Å²) in [5.74, 6) is -1.80. The van der Waals surface area contributed by atoms with E-state index in [2.05, 4.69) is 17.6 Å². The summed E-state index contributed by atoms with van der Waals surface area (Å²) in [6.07, 6.45) is 4.96. The van der Waals surface area contributed by atoms with Gasteiger partial charge < -0.3 is 24.8 Å². The highest BCUT2D eigenvalue weighted by molar-refractivity contribution is 6.10. The molecule has 2 fully saturated rings. The van der Waals surface area contributed by atoms with Gasteiger partial charge in [-0.1, -0.05) is 55.8 Å². The molecule has 2 amide bonds.